The van der Waals surface area contributed by atoms with E-state index in [2.05, 4.69) is 36.1 Å². The van der Waals surface area contributed by atoms with Crippen LogP contribution in [0, 0.1) is 0 Å². The topological polar surface area (TPSA) is 12.0 Å². The number of rotatable bonds is 5. The van der Waals surface area contributed by atoms with Gasteiger partial charge in [0, 0.05) is 22.9 Å². The lowest BCUT2D eigenvalue weighted by atomic mass is 10.2. The van der Waals surface area contributed by atoms with Crippen LogP contribution in [-0.4, -0.2) is 17.0 Å². The summed E-state index contributed by atoms with van der Waals surface area (Å²) in [5.74, 6) is 1.24. The Balaban J connectivity index is 1.74. The Hall–Kier alpha value is -0.180. The molecule has 17 heavy (non-hydrogen) atoms. The molecule has 1 aromatic rings. The van der Waals surface area contributed by atoms with E-state index in [1.165, 1.54) is 30.6 Å². The quantitative estimate of drug-likeness (QED) is 0.864. The summed E-state index contributed by atoms with van der Waals surface area (Å²) in [6.45, 7) is 3.21. The third-order valence-corrected chi connectivity index (χ3v) is 4.78. The lowest BCUT2D eigenvalue weighted by Gasteiger charge is -2.13. The van der Waals surface area contributed by atoms with Gasteiger partial charge in [0.1, 0.15) is 0 Å². The number of nitrogens with one attached hydrogen (secondary N) is 1. The van der Waals surface area contributed by atoms with Gasteiger partial charge in [-0.3, -0.25) is 0 Å². The summed E-state index contributed by atoms with van der Waals surface area (Å²) in [6.07, 6.45) is 4.02. The Bertz CT molecular complexity index is 339. The maximum absolute atomic E-state index is 5.87. The van der Waals surface area contributed by atoms with E-state index in [0.29, 0.717) is 6.04 Å². The van der Waals surface area contributed by atoms with Gasteiger partial charge in [0.2, 0.25) is 0 Å². The molecule has 1 fully saturated rings. The van der Waals surface area contributed by atoms with Crippen molar-refractivity contribution < 1.29 is 0 Å². The maximum Gasteiger partial charge on any atom is 0.0406 e. The van der Waals surface area contributed by atoms with Crippen molar-refractivity contribution in [3.05, 3.63) is 34.9 Å². The molecule has 0 bridgehead atoms. The van der Waals surface area contributed by atoms with Crippen LogP contribution >= 0.6 is 23.4 Å². The fourth-order valence-corrected chi connectivity index (χ4v) is 3.65. The zero-order valence-corrected chi connectivity index (χ0v) is 11.9. The maximum atomic E-state index is 5.87. The van der Waals surface area contributed by atoms with Crippen LogP contribution in [0.3, 0.4) is 0 Å². The Morgan fingerprint density at radius 3 is 2.76 bits per heavy atom. The minimum atomic E-state index is 0.703. The molecule has 1 N–H and O–H groups in total. The average molecular weight is 270 g/mol. The molecular weight excluding hydrogens is 250 g/mol. The summed E-state index contributed by atoms with van der Waals surface area (Å²) in [5.41, 5.74) is 1.32. The van der Waals surface area contributed by atoms with Crippen molar-refractivity contribution in [1.29, 1.82) is 0 Å². The lowest BCUT2D eigenvalue weighted by molar-refractivity contribution is 0.525. The van der Waals surface area contributed by atoms with E-state index in [4.69, 9.17) is 11.6 Å². The zero-order chi connectivity index (χ0) is 12.1. The number of hydrogen-bond donors (Lipinski definition) is 1. The number of benzene rings is 1. The predicted octanol–water partition coefficient (Wildman–Crippen LogP) is 4.10. The Kier molecular flexibility index (Phi) is 5.20. The fourth-order valence-electron chi connectivity index (χ4n) is 2.38. The second kappa shape index (κ2) is 6.67. The summed E-state index contributed by atoms with van der Waals surface area (Å²) < 4.78 is 0. The molecule has 0 spiro atoms. The Morgan fingerprint density at radius 1 is 1.29 bits per heavy atom. The van der Waals surface area contributed by atoms with Gasteiger partial charge in [-0.15, -0.1) is 0 Å². The van der Waals surface area contributed by atoms with Crippen molar-refractivity contribution >= 4 is 23.4 Å². The highest BCUT2D eigenvalue weighted by atomic mass is 35.5. The third-order valence-electron chi connectivity index (χ3n) is 3.30. The van der Waals surface area contributed by atoms with Crippen molar-refractivity contribution in [2.75, 3.05) is 5.75 Å². The molecule has 2 rings (SSSR count). The van der Waals surface area contributed by atoms with Gasteiger partial charge >= 0.3 is 0 Å². The molecular formula is C14H20ClNS. The van der Waals surface area contributed by atoms with Crippen LogP contribution < -0.4 is 5.32 Å². The van der Waals surface area contributed by atoms with E-state index in [9.17, 15) is 0 Å². The second-order valence-electron chi connectivity index (χ2n) is 4.59. The van der Waals surface area contributed by atoms with E-state index in [-0.39, 0.29) is 0 Å². The molecule has 0 aliphatic heterocycles. The van der Waals surface area contributed by atoms with Crippen LogP contribution in [0.1, 0.15) is 31.7 Å². The first kappa shape index (κ1) is 13.3. The number of halogens is 1. The standard InChI is InChI=1S/C14H20ClNS/c1-2-17-14-8-7-13(9-14)16-10-11-3-5-12(15)6-4-11/h3-6,13-14,16H,2,7-10H2,1H3. The zero-order valence-electron chi connectivity index (χ0n) is 10.3. The van der Waals surface area contributed by atoms with E-state index in [1.807, 2.05) is 12.1 Å². The molecule has 3 heteroatoms. The van der Waals surface area contributed by atoms with Gasteiger partial charge in [0.25, 0.3) is 0 Å². The highest BCUT2D eigenvalue weighted by molar-refractivity contribution is 7.99. The third kappa shape index (κ3) is 4.20. The van der Waals surface area contributed by atoms with Crippen LogP contribution in [0.5, 0.6) is 0 Å². The molecule has 1 aliphatic carbocycles. The minimum absolute atomic E-state index is 0.703. The summed E-state index contributed by atoms with van der Waals surface area (Å²) >= 11 is 7.98. The molecule has 0 radical (unpaired) electrons. The smallest absolute Gasteiger partial charge is 0.0406 e. The second-order valence-corrected chi connectivity index (χ2v) is 6.61. The first-order valence-corrected chi connectivity index (χ1v) is 7.80. The number of hydrogen-bond acceptors (Lipinski definition) is 2. The van der Waals surface area contributed by atoms with Gasteiger partial charge in [-0.2, -0.15) is 11.8 Å². The van der Waals surface area contributed by atoms with E-state index >= 15 is 0 Å². The molecule has 2 atom stereocenters. The molecule has 0 saturated heterocycles. The Labute approximate surface area is 113 Å². The van der Waals surface area contributed by atoms with Gasteiger partial charge < -0.3 is 5.32 Å². The van der Waals surface area contributed by atoms with Crippen molar-refractivity contribution in [2.24, 2.45) is 0 Å². The summed E-state index contributed by atoms with van der Waals surface area (Å²) in [7, 11) is 0. The van der Waals surface area contributed by atoms with Gasteiger partial charge in [0.05, 0.1) is 0 Å². The SMILES string of the molecule is CCSC1CCC(NCc2ccc(Cl)cc2)C1. The molecule has 1 aliphatic rings. The molecule has 0 amide bonds. The Morgan fingerprint density at radius 2 is 2.06 bits per heavy atom. The van der Waals surface area contributed by atoms with Gasteiger partial charge in [-0.05, 0) is 42.7 Å². The molecule has 1 nitrogen and oxygen atoms in total. The van der Waals surface area contributed by atoms with E-state index in [1.54, 1.807) is 0 Å². The summed E-state index contributed by atoms with van der Waals surface area (Å²) in [4.78, 5) is 0. The summed E-state index contributed by atoms with van der Waals surface area (Å²) in [5, 5.41) is 5.34. The van der Waals surface area contributed by atoms with Crippen LogP contribution in [0.2, 0.25) is 5.02 Å². The van der Waals surface area contributed by atoms with Crippen molar-refractivity contribution in [3.63, 3.8) is 0 Å². The molecule has 2 unspecified atom stereocenters. The first-order chi connectivity index (χ1) is 8.28. The molecule has 1 saturated carbocycles. The van der Waals surface area contributed by atoms with Crippen molar-refractivity contribution in [2.45, 2.75) is 44.0 Å². The highest BCUT2D eigenvalue weighted by Gasteiger charge is 2.23. The molecule has 0 heterocycles. The first-order valence-electron chi connectivity index (χ1n) is 6.37. The van der Waals surface area contributed by atoms with Crippen LogP contribution in [0.4, 0.5) is 0 Å². The minimum Gasteiger partial charge on any atom is -0.310 e. The van der Waals surface area contributed by atoms with Crippen LogP contribution in [0.15, 0.2) is 24.3 Å². The monoisotopic (exact) mass is 269 g/mol. The molecule has 1 aromatic carbocycles. The van der Waals surface area contributed by atoms with Crippen molar-refractivity contribution in [1.82, 2.24) is 5.32 Å². The predicted molar refractivity (Wildman–Crippen MR) is 77.9 cm³/mol. The van der Waals surface area contributed by atoms with Crippen molar-refractivity contribution in [3.8, 4) is 0 Å². The molecule has 0 aromatic heterocycles. The normalized spacial score (nSPS) is 24.1. The fraction of sp³-hybridized carbons (Fsp3) is 0.571. The highest BCUT2D eigenvalue weighted by Crippen LogP contribution is 2.29. The van der Waals surface area contributed by atoms with E-state index in [0.717, 1.165) is 16.8 Å². The van der Waals surface area contributed by atoms with Gasteiger partial charge in [0.15, 0.2) is 0 Å². The number of thioether (sulfide) groups is 1. The van der Waals surface area contributed by atoms with E-state index < -0.39 is 0 Å². The largest absolute Gasteiger partial charge is 0.310 e. The summed E-state index contributed by atoms with van der Waals surface area (Å²) in [6, 6.07) is 8.83. The van der Waals surface area contributed by atoms with Gasteiger partial charge in [-0.1, -0.05) is 30.7 Å². The average Bonchev–Trinajstić information content (AvgIpc) is 2.77. The lowest BCUT2D eigenvalue weighted by Crippen LogP contribution is -2.26. The van der Waals surface area contributed by atoms with Gasteiger partial charge in [-0.25, -0.2) is 0 Å². The van der Waals surface area contributed by atoms with Crippen LogP contribution in [-0.2, 0) is 6.54 Å². The van der Waals surface area contributed by atoms with Crippen LogP contribution in [0.25, 0.3) is 0 Å². The molecule has 94 valence electrons.